The Morgan fingerprint density at radius 3 is 2.31 bits per heavy atom. The van der Waals surface area contributed by atoms with Crippen molar-refractivity contribution in [2.45, 2.75) is 26.7 Å². The van der Waals surface area contributed by atoms with Crippen LogP contribution in [-0.2, 0) is 0 Å². The minimum atomic E-state index is 0.605. The van der Waals surface area contributed by atoms with Crippen LogP contribution in [0.5, 0.6) is 0 Å². The first-order chi connectivity index (χ1) is 7.49. The molecule has 0 fully saturated rings. The van der Waals surface area contributed by atoms with E-state index in [9.17, 15) is 0 Å². The molecule has 0 amide bonds. The fraction of sp³-hybridized carbons (Fsp3) is 0.462. The van der Waals surface area contributed by atoms with Crippen LogP contribution in [0.3, 0.4) is 0 Å². The Morgan fingerprint density at radius 1 is 1.25 bits per heavy atom. The first-order valence-electron chi connectivity index (χ1n) is 5.57. The molecule has 1 rings (SSSR count). The van der Waals surface area contributed by atoms with Gasteiger partial charge in [-0.2, -0.15) is 0 Å². The maximum atomic E-state index is 5.48. The molecule has 0 radical (unpaired) electrons. The summed E-state index contributed by atoms with van der Waals surface area (Å²) in [6, 6.07) is 6.59. The minimum absolute atomic E-state index is 0.605. The van der Waals surface area contributed by atoms with Crippen LogP contribution in [0.2, 0.25) is 0 Å². The summed E-state index contributed by atoms with van der Waals surface area (Å²) in [6.07, 6.45) is 1.84. The first kappa shape index (κ1) is 13.0. The molecule has 88 valence electrons. The molecule has 0 spiro atoms. The summed E-state index contributed by atoms with van der Waals surface area (Å²) in [7, 11) is 2.10. The van der Waals surface area contributed by atoms with Gasteiger partial charge in [0, 0.05) is 19.3 Å². The second-order valence-corrected chi connectivity index (χ2v) is 4.86. The summed E-state index contributed by atoms with van der Waals surface area (Å²) >= 11 is 4.87. The van der Waals surface area contributed by atoms with Gasteiger partial charge in [0.2, 0.25) is 0 Å². The standard InChI is InChI=1S/C13H20N2S/c1-10-7-11(2)9-12(8-10)15(3)6-4-5-13(14)16/h7-9H,4-6H2,1-3H3,(H2,14,16). The van der Waals surface area contributed by atoms with Gasteiger partial charge in [-0.25, -0.2) is 0 Å². The maximum absolute atomic E-state index is 5.48. The highest BCUT2D eigenvalue weighted by molar-refractivity contribution is 7.80. The summed E-state index contributed by atoms with van der Waals surface area (Å²) in [6.45, 7) is 5.24. The third-order valence-electron chi connectivity index (χ3n) is 2.56. The molecule has 0 saturated carbocycles. The molecule has 16 heavy (non-hydrogen) atoms. The number of hydrogen-bond donors (Lipinski definition) is 1. The lowest BCUT2D eigenvalue weighted by Gasteiger charge is -2.20. The zero-order valence-electron chi connectivity index (χ0n) is 10.3. The number of anilines is 1. The van der Waals surface area contributed by atoms with Crippen LogP contribution in [0.25, 0.3) is 0 Å². The molecule has 1 aromatic rings. The van der Waals surface area contributed by atoms with Gasteiger partial charge < -0.3 is 10.6 Å². The first-order valence-corrected chi connectivity index (χ1v) is 5.97. The van der Waals surface area contributed by atoms with Gasteiger partial charge in [0.1, 0.15) is 0 Å². The van der Waals surface area contributed by atoms with Crippen LogP contribution in [-0.4, -0.2) is 18.6 Å². The van der Waals surface area contributed by atoms with Crippen molar-refractivity contribution in [2.75, 3.05) is 18.5 Å². The highest BCUT2D eigenvalue weighted by Gasteiger charge is 2.02. The van der Waals surface area contributed by atoms with E-state index >= 15 is 0 Å². The third-order valence-corrected chi connectivity index (χ3v) is 2.77. The Labute approximate surface area is 103 Å². The van der Waals surface area contributed by atoms with E-state index in [0.29, 0.717) is 4.99 Å². The van der Waals surface area contributed by atoms with Crippen molar-refractivity contribution >= 4 is 22.9 Å². The van der Waals surface area contributed by atoms with Crippen LogP contribution in [0.4, 0.5) is 5.69 Å². The highest BCUT2D eigenvalue weighted by atomic mass is 32.1. The van der Waals surface area contributed by atoms with Crippen molar-refractivity contribution in [1.29, 1.82) is 0 Å². The normalized spacial score (nSPS) is 10.2. The Morgan fingerprint density at radius 2 is 1.81 bits per heavy atom. The molecule has 0 aliphatic carbocycles. The minimum Gasteiger partial charge on any atom is -0.393 e. The third kappa shape index (κ3) is 4.19. The van der Waals surface area contributed by atoms with Crippen LogP contribution in [0.15, 0.2) is 18.2 Å². The topological polar surface area (TPSA) is 29.3 Å². The highest BCUT2D eigenvalue weighted by Crippen LogP contribution is 2.17. The fourth-order valence-corrected chi connectivity index (χ4v) is 1.93. The quantitative estimate of drug-likeness (QED) is 0.797. The fourth-order valence-electron chi connectivity index (χ4n) is 1.79. The van der Waals surface area contributed by atoms with Crippen molar-refractivity contribution < 1.29 is 0 Å². The van der Waals surface area contributed by atoms with E-state index in [2.05, 4.69) is 44.0 Å². The Hall–Kier alpha value is -1.09. The Bertz CT molecular complexity index is 354. The smallest absolute Gasteiger partial charge is 0.0728 e. The van der Waals surface area contributed by atoms with Gasteiger partial charge in [-0.1, -0.05) is 18.3 Å². The Kier molecular flexibility index (Phi) is 4.74. The van der Waals surface area contributed by atoms with Gasteiger partial charge in [-0.15, -0.1) is 0 Å². The number of aryl methyl sites for hydroxylation is 2. The average Bonchev–Trinajstić information content (AvgIpc) is 2.15. The van der Waals surface area contributed by atoms with E-state index < -0.39 is 0 Å². The predicted octanol–water partition coefficient (Wildman–Crippen LogP) is 2.81. The van der Waals surface area contributed by atoms with Crippen molar-refractivity contribution in [3.63, 3.8) is 0 Å². The van der Waals surface area contributed by atoms with Gasteiger partial charge in [0.05, 0.1) is 4.99 Å². The number of thiocarbonyl (C=S) groups is 1. The van der Waals surface area contributed by atoms with Crippen LogP contribution < -0.4 is 10.6 Å². The van der Waals surface area contributed by atoms with E-state index in [1.165, 1.54) is 16.8 Å². The van der Waals surface area contributed by atoms with Gasteiger partial charge in [-0.05, 0) is 49.9 Å². The molecule has 0 aliphatic heterocycles. The van der Waals surface area contributed by atoms with Gasteiger partial charge in [0.25, 0.3) is 0 Å². The van der Waals surface area contributed by atoms with E-state index in [4.69, 9.17) is 18.0 Å². The van der Waals surface area contributed by atoms with E-state index in [-0.39, 0.29) is 0 Å². The predicted molar refractivity (Wildman–Crippen MR) is 75.2 cm³/mol. The molecule has 1 aromatic carbocycles. The van der Waals surface area contributed by atoms with Gasteiger partial charge >= 0.3 is 0 Å². The van der Waals surface area contributed by atoms with Gasteiger partial charge in [0.15, 0.2) is 0 Å². The summed E-state index contributed by atoms with van der Waals surface area (Å²) in [5, 5.41) is 0. The maximum Gasteiger partial charge on any atom is 0.0728 e. The van der Waals surface area contributed by atoms with E-state index in [1.807, 2.05) is 0 Å². The summed E-state index contributed by atoms with van der Waals surface area (Å²) in [5.74, 6) is 0. The SMILES string of the molecule is Cc1cc(C)cc(N(C)CCCC(N)=S)c1. The number of nitrogens with two attached hydrogens (primary N) is 1. The number of rotatable bonds is 5. The molecule has 0 aliphatic rings. The van der Waals surface area contributed by atoms with Crippen molar-refractivity contribution in [1.82, 2.24) is 0 Å². The van der Waals surface area contributed by atoms with Crippen LogP contribution in [0.1, 0.15) is 24.0 Å². The average molecular weight is 236 g/mol. The van der Waals surface area contributed by atoms with Crippen LogP contribution in [0, 0.1) is 13.8 Å². The van der Waals surface area contributed by atoms with E-state index in [1.54, 1.807) is 0 Å². The molecular weight excluding hydrogens is 216 g/mol. The number of nitrogens with zero attached hydrogens (tertiary/aromatic N) is 1. The summed E-state index contributed by atoms with van der Waals surface area (Å²) in [4.78, 5) is 2.85. The lowest BCUT2D eigenvalue weighted by Crippen LogP contribution is -2.20. The molecule has 0 bridgehead atoms. The molecule has 2 N–H and O–H groups in total. The zero-order valence-corrected chi connectivity index (χ0v) is 11.1. The molecular formula is C13H20N2S. The largest absolute Gasteiger partial charge is 0.393 e. The molecule has 3 heteroatoms. The second kappa shape index (κ2) is 5.85. The second-order valence-electron chi connectivity index (χ2n) is 4.34. The number of benzene rings is 1. The Balaban J connectivity index is 2.58. The van der Waals surface area contributed by atoms with Crippen molar-refractivity contribution in [3.8, 4) is 0 Å². The van der Waals surface area contributed by atoms with Crippen LogP contribution >= 0.6 is 12.2 Å². The lowest BCUT2D eigenvalue weighted by atomic mass is 10.1. The molecule has 0 aromatic heterocycles. The molecule has 2 nitrogen and oxygen atoms in total. The molecule has 0 atom stereocenters. The lowest BCUT2D eigenvalue weighted by molar-refractivity contribution is 0.817. The monoisotopic (exact) mass is 236 g/mol. The van der Waals surface area contributed by atoms with E-state index in [0.717, 1.165) is 19.4 Å². The summed E-state index contributed by atoms with van der Waals surface area (Å²) < 4.78 is 0. The molecule has 0 unspecified atom stereocenters. The number of hydrogen-bond acceptors (Lipinski definition) is 2. The molecule has 0 saturated heterocycles. The van der Waals surface area contributed by atoms with Crippen molar-refractivity contribution in [2.24, 2.45) is 5.73 Å². The van der Waals surface area contributed by atoms with Gasteiger partial charge in [-0.3, -0.25) is 0 Å². The summed E-state index contributed by atoms with van der Waals surface area (Å²) in [5.41, 5.74) is 9.35. The zero-order chi connectivity index (χ0) is 12.1. The van der Waals surface area contributed by atoms with Crippen molar-refractivity contribution in [3.05, 3.63) is 29.3 Å². The molecule has 0 heterocycles.